The van der Waals surface area contributed by atoms with Crippen molar-refractivity contribution in [2.45, 2.75) is 116 Å². The van der Waals surface area contributed by atoms with E-state index < -0.39 is 12.0 Å². The van der Waals surface area contributed by atoms with Crippen LogP contribution in [0.2, 0.25) is 0 Å². The molecular formula is C23H44N2O2S. The topological polar surface area (TPSA) is 61.7 Å². The van der Waals surface area contributed by atoms with E-state index in [9.17, 15) is 9.90 Å². The standard InChI is InChI=1S/C23H44N2O2S/c1-2-3-4-5-6-7-8-9-10-11-12-13-14-15-19-28-20-21(23(26)27)25-22-17-16-18-24-22/h21H,2-20H2,1H3,(H,24,25)(H,26,27). The van der Waals surface area contributed by atoms with Crippen molar-refractivity contribution in [2.24, 2.45) is 4.99 Å². The molecule has 1 heterocycles. The number of rotatable bonds is 19. The molecule has 28 heavy (non-hydrogen) atoms. The van der Waals surface area contributed by atoms with Crippen LogP contribution in [0.3, 0.4) is 0 Å². The van der Waals surface area contributed by atoms with Gasteiger partial charge in [-0.3, -0.25) is 4.99 Å². The van der Waals surface area contributed by atoms with Gasteiger partial charge in [0, 0.05) is 18.7 Å². The van der Waals surface area contributed by atoms with Crippen LogP contribution in [0.4, 0.5) is 0 Å². The maximum atomic E-state index is 11.3. The van der Waals surface area contributed by atoms with Crippen molar-refractivity contribution < 1.29 is 9.90 Å². The van der Waals surface area contributed by atoms with Crippen molar-refractivity contribution >= 4 is 23.6 Å². The van der Waals surface area contributed by atoms with E-state index in [1.165, 1.54) is 89.9 Å². The third-order valence-corrected chi connectivity index (χ3v) is 6.59. The molecule has 0 saturated carbocycles. The number of hydrogen-bond acceptors (Lipinski definition) is 4. The zero-order chi connectivity index (χ0) is 20.3. The second-order valence-electron chi connectivity index (χ2n) is 8.14. The van der Waals surface area contributed by atoms with E-state index in [0.29, 0.717) is 5.75 Å². The Morgan fingerprint density at radius 2 is 1.50 bits per heavy atom. The maximum Gasteiger partial charge on any atom is 0.327 e. The van der Waals surface area contributed by atoms with E-state index in [1.54, 1.807) is 11.8 Å². The lowest BCUT2D eigenvalue weighted by Gasteiger charge is -2.15. The third-order valence-electron chi connectivity index (χ3n) is 5.44. The summed E-state index contributed by atoms with van der Waals surface area (Å²) < 4.78 is 0. The highest BCUT2D eigenvalue weighted by Gasteiger charge is 2.19. The molecule has 0 aromatic heterocycles. The highest BCUT2D eigenvalue weighted by molar-refractivity contribution is 7.99. The first-order chi connectivity index (χ1) is 13.7. The molecule has 0 spiro atoms. The molecule has 0 aliphatic carbocycles. The monoisotopic (exact) mass is 412 g/mol. The van der Waals surface area contributed by atoms with Crippen LogP contribution in [0.5, 0.6) is 0 Å². The van der Waals surface area contributed by atoms with Gasteiger partial charge in [0.25, 0.3) is 0 Å². The second-order valence-corrected chi connectivity index (χ2v) is 9.29. The fourth-order valence-corrected chi connectivity index (χ4v) is 4.67. The van der Waals surface area contributed by atoms with Crippen molar-refractivity contribution in [3.63, 3.8) is 0 Å². The Kier molecular flexibility index (Phi) is 16.6. The lowest BCUT2D eigenvalue weighted by atomic mass is 10.0. The largest absolute Gasteiger partial charge is 0.480 e. The van der Waals surface area contributed by atoms with Gasteiger partial charge in [0.15, 0.2) is 0 Å². The summed E-state index contributed by atoms with van der Waals surface area (Å²) >= 11 is 1.76. The molecule has 2 N–H and O–H groups in total. The molecule has 0 fully saturated rings. The van der Waals surface area contributed by atoms with Crippen molar-refractivity contribution in [1.82, 2.24) is 5.32 Å². The van der Waals surface area contributed by atoms with Gasteiger partial charge in [-0.05, 0) is 18.6 Å². The van der Waals surface area contributed by atoms with Crippen LogP contribution in [-0.4, -0.2) is 41.0 Å². The van der Waals surface area contributed by atoms with Crippen LogP contribution in [0.1, 0.15) is 110 Å². The van der Waals surface area contributed by atoms with Crippen molar-refractivity contribution in [2.75, 3.05) is 18.1 Å². The van der Waals surface area contributed by atoms with Gasteiger partial charge in [-0.15, -0.1) is 0 Å². The molecule has 164 valence electrons. The fraction of sp³-hybridized carbons (Fsp3) is 0.913. The number of amidine groups is 1. The van der Waals surface area contributed by atoms with Gasteiger partial charge in [-0.25, -0.2) is 4.79 Å². The molecule has 0 saturated heterocycles. The van der Waals surface area contributed by atoms with E-state index in [-0.39, 0.29) is 0 Å². The summed E-state index contributed by atoms with van der Waals surface area (Å²) in [5.41, 5.74) is 0. The van der Waals surface area contributed by atoms with E-state index in [4.69, 9.17) is 0 Å². The number of hydrogen-bond donors (Lipinski definition) is 2. The molecule has 0 aromatic carbocycles. The van der Waals surface area contributed by atoms with Gasteiger partial charge in [0.2, 0.25) is 0 Å². The smallest absolute Gasteiger partial charge is 0.327 e. The Morgan fingerprint density at radius 3 is 1.96 bits per heavy atom. The minimum atomic E-state index is -0.761. The van der Waals surface area contributed by atoms with E-state index >= 15 is 0 Å². The van der Waals surface area contributed by atoms with E-state index in [0.717, 1.165) is 31.0 Å². The Labute approximate surface area is 177 Å². The predicted octanol–water partition coefficient (Wildman–Crippen LogP) is 6.44. The van der Waals surface area contributed by atoms with Crippen molar-refractivity contribution in [3.05, 3.63) is 0 Å². The second kappa shape index (κ2) is 18.3. The van der Waals surface area contributed by atoms with Crippen LogP contribution in [0.25, 0.3) is 0 Å². The van der Waals surface area contributed by atoms with Crippen LogP contribution in [-0.2, 0) is 4.79 Å². The summed E-state index contributed by atoms with van der Waals surface area (Å²) in [5, 5.41) is 12.4. The molecule has 1 atom stereocenters. The van der Waals surface area contributed by atoms with Gasteiger partial charge >= 0.3 is 5.97 Å². The summed E-state index contributed by atoms with van der Waals surface area (Å²) in [5.74, 6) is 1.82. The first-order valence-electron chi connectivity index (χ1n) is 11.8. The molecule has 0 aromatic rings. The number of aliphatic carboxylic acids is 1. The van der Waals surface area contributed by atoms with Crippen LogP contribution >= 0.6 is 11.8 Å². The molecule has 0 amide bonds. The zero-order valence-corrected chi connectivity index (χ0v) is 19.0. The molecular weight excluding hydrogens is 368 g/mol. The number of carbonyl (C=O) groups is 1. The Bertz CT molecular complexity index is 415. The summed E-state index contributed by atoms with van der Waals surface area (Å²) in [6.45, 7) is 3.11. The number of carboxylic acids is 1. The van der Waals surface area contributed by atoms with E-state index in [1.807, 2.05) is 0 Å². The van der Waals surface area contributed by atoms with Gasteiger partial charge in [0.1, 0.15) is 6.04 Å². The summed E-state index contributed by atoms with van der Waals surface area (Å²) in [7, 11) is 0. The Morgan fingerprint density at radius 1 is 0.964 bits per heavy atom. The summed E-state index contributed by atoms with van der Waals surface area (Å²) in [6.07, 6.45) is 21.2. The summed E-state index contributed by atoms with van der Waals surface area (Å²) in [6, 6.07) is -0.492. The molecule has 1 aliphatic rings. The van der Waals surface area contributed by atoms with E-state index in [2.05, 4.69) is 17.2 Å². The quantitative estimate of drug-likeness (QED) is 0.240. The van der Waals surface area contributed by atoms with Gasteiger partial charge in [-0.2, -0.15) is 11.8 Å². The minimum absolute atomic E-state index is 0.492. The average Bonchev–Trinajstić information content (AvgIpc) is 3.19. The van der Waals surface area contributed by atoms with Crippen molar-refractivity contribution in [3.8, 4) is 0 Å². The number of carboxylic acid groups (broad SMARTS) is 1. The van der Waals surface area contributed by atoms with Gasteiger partial charge in [-0.1, -0.05) is 90.4 Å². The third kappa shape index (κ3) is 14.3. The SMILES string of the molecule is CCCCCCCCCCCCCCCCSCC(NC1=NCCC1)C(=O)O. The fourth-order valence-electron chi connectivity index (χ4n) is 3.63. The molecule has 1 aliphatic heterocycles. The maximum absolute atomic E-state index is 11.3. The molecule has 4 nitrogen and oxygen atoms in total. The zero-order valence-electron chi connectivity index (χ0n) is 18.2. The lowest BCUT2D eigenvalue weighted by Crippen LogP contribution is -2.42. The molecule has 0 radical (unpaired) electrons. The number of nitrogens with one attached hydrogen (secondary N) is 1. The lowest BCUT2D eigenvalue weighted by molar-refractivity contribution is -0.138. The number of nitrogens with zero attached hydrogens (tertiary/aromatic N) is 1. The number of thioether (sulfide) groups is 1. The number of aliphatic imine (C=N–C) groups is 1. The van der Waals surface area contributed by atoms with Crippen LogP contribution in [0.15, 0.2) is 4.99 Å². The van der Waals surface area contributed by atoms with Crippen LogP contribution in [0, 0.1) is 0 Å². The van der Waals surface area contributed by atoms with Gasteiger partial charge < -0.3 is 10.4 Å². The summed E-state index contributed by atoms with van der Waals surface area (Å²) in [4.78, 5) is 15.7. The minimum Gasteiger partial charge on any atom is -0.480 e. The van der Waals surface area contributed by atoms with Crippen molar-refractivity contribution in [1.29, 1.82) is 0 Å². The first kappa shape index (κ1) is 25.3. The molecule has 0 bridgehead atoms. The normalized spacial score (nSPS) is 14.8. The first-order valence-corrected chi connectivity index (χ1v) is 13.0. The highest BCUT2D eigenvalue weighted by Crippen LogP contribution is 2.14. The molecule has 5 heteroatoms. The Hall–Kier alpha value is -0.710. The highest BCUT2D eigenvalue weighted by atomic mass is 32.2. The molecule has 1 unspecified atom stereocenters. The molecule has 1 rings (SSSR count). The van der Waals surface area contributed by atoms with Gasteiger partial charge in [0.05, 0.1) is 5.84 Å². The Balaban J connectivity index is 1.82. The average molecular weight is 413 g/mol. The predicted molar refractivity (Wildman–Crippen MR) is 124 cm³/mol. The van der Waals surface area contributed by atoms with Crippen LogP contribution < -0.4 is 5.32 Å². The number of unbranched alkanes of at least 4 members (excludes halogenated alkanes) is 13.